The first kappa shape index (κ1) is 15.1. The highest BCUT2D eigenvalue weighted by Crippen LogP contribution is 2.29. The molecule has 1 aliphatic heterocycles. The lowest BCUT2D eigenvalue weighted by molar-refractivity contribution is -0.139. The monoisotopic (exact) mass is 283 g/mol. The van der Waals surface area contributed by atoms with E-state index in [2.05, 4.69) is 10.2 Å². The number of rotatable bonds is 6. The molecule has 6 heteroatoms. The number of carboxylic acids is 1. The highest BCUT2D eigenvalue weighted by atomic mass is 16.4. The number of piperazine rings is 1. The van der Waals surface area contributed by atoms with Gasteiger partial charge in [-0.3, -0.25) is 4.90 Å². The van der Waals surface area contributed by atoms with Crippen LogP contribution < -0.4 is 5.32 Å². The van der Waals surface area contributed by atoms with Gasteiger partial charge in [0.2, 0.25) is 0 Å². The Labute approximate surface area is 120 Å². The summed E-state index contributed by atoms with van der Waals surface area (Å²) in [7, 11) is 0. The van der Waals surface area contributed by atoms with Crippen LogP contribution in [-0.2, 0) is 4.79 Å². The number of amides is 2. The van der Waals surface area contributed by atoms with Crippen LogP contribution in [0.5, 0.6) is 0 Å². The van der Waals surface area contributed by atoms with Crippen molar-refractivity contribution in [2.75, 3.05) is 32.7 Å². The molecule has 0 aromatic rings. The van der Waals surface area contributed by atoms with Crippen LogP contribution in [0.25, 0.3) is 0 Å². The molecule has 114 valence electrons. The molecule has 1 heterocycles. The number of carboxylic acid groups (broad SMARTS) is 1. The number of urea groups is 1. The van der Waals surface area contributed by atoms with Gasteiger partial charge < -0.3 is 15.3 Å². The molecule has 6 nitrogen and oxygen atoms in total. The van der Waals surface area contributed by atoms with E-state index in [1.54, 1.807) is 4.90 Å². The van der Waals surface area contributed by atoms with Gasteiger partial charge in [-0.25, -0.2) is 9.59 Å². The van der Waals surface area contributed by atoms with Gasteiger partial charge in [-0.05, 0) is 25.2 Å². The van der Waals surface area contributed by atoms with E-state index in [0.29, 0.717) is 19.5 Å². The number of nitrogens with zero attached hydrogens (tertiary/aromatic N) is 2. The summed E-state index contributed by atoms with van der Waals surface area (Å²) in [4.78, 5) is 27.2. The highest BCUT2D eigenvalue weighted by Gasteiger charge is 2.28. The summed E-state index contributed by atoms with van der Waals surface area (Å²) in [5.74, 6) is -0.0797. The summed E-state index contributed by atoms with van der Waals surface area (Å²) in [6.07, 6.45) is 3.91. The fourth-order valence-corrected chi connectivity index (χ4v) is 2.59. The van der Waals surface area contributed by atoms with Crippen molar-refractivity contribution >= 4 is 12.0 Å². The van der Waals surface area contributed by atoms with Crippen molar-refractivity contribution in [2.24, 2.45) is 5.92 Å². The van der Waals surface area contributed by atoms with Gasteiger partial charge >= 0.3 is 12.0 Å². The van der Waals surface area contributed by atoms with Crippen LogP contribution in [0.1, 0.15) is 32.6 Å². The number of nitrogens with one attached hydrogen (secondary N) is 1. The topological polar surface area (TPSA) is 72.9 Å². The summed E-state index contributed by atoms with van der Waals surface area (Å²) < 4.78 is 0. The number of aliphatic carboxylic acids is 1. The molecule has 0 aromatic carbocycles. The lowest BCUT2D eigenvalue weighted by Crippen LogP contribution is -2.54. The first-order valence-electron chi connectivity index (χ1n) is 7.60. The van der Waals surface area contributed by atoms with Crippen molar-refractivity contribution < 1.29 is 14.7 Å². The number of carbonyl (C=O) groups is 2. The smallest absolute Gasteiger partial charge is 0.326 e. The Morgan fingerprint density at radius 2 is 1.90 bits per heavy atom. The van der Waals surface area contributed by atoms with Gasteiger partial charge in [-0.15, -0.1) is 0 Å². The van der Waals surface area contributed by atoms with E-state index < -0.39 is 12.0 Å². The maximum Gasteiger partial charge on any atom is 0.326 e. The van der Waals surface area contributed by atoms with Crippen LogP contribution >= 0.6 is 0 Å². The summed E-state index contributed by atoms with van der Waals surface area (Å²) >= 11 is 0. The predicted octanol–water partition coefficient (Wildman–Crippen LogP) is 0.977. The maximum absolute atomic E-state index is 12.1. The van der Waals surface area contributed by atoms with Crippen LogP contribution in [0.2, 0.25) is 0 Å². The van der Waals surface area contributed by atoms with Gasteiger partial charge in [0, 0.05) is 32.7 Å². The van der Waals surface area contributed by atoms with Crippen LogP contribution in [0.4, 0.5) is 4.79 Å². The number of carbonyl (C=O) groups excluding carboxylic acids is 1. The van der Waals surface area contributed by atoms with Gasteiger partial charge in [0.25, 0.3) is 0 Å². The minimum absolute atomic E-state index is 0.239. The Bertz CT molecular complexity index is 350. The molecule has 2 amide bonds. The number of hydrogen-bond acceptors (Lipinski definition) is 3. The van der Waals surface area contributed by atoms with E-state index in [-0.39, 0.29) is 6.03 Å². The van der Waals surface area contributed by atoms with Gasteiger partial charge in [0.15, 0.2) is 0 Å². The van der Waals surface area contributed by atoms with Gasteiger partial charge in [0.1, 0.15) is 6.04 Å². The Hall–Kier alpha value is -1.30. The molecule has 0 aromatic heterocycles. The van der Waals surface area contributed by atoms with E-state index in [4.69, 9.17) is 5.11 Å². The third-order valence-corrected chi connectivity index (χ3v) is 4.05. The zero-order chi connectivity index (χ0) is 14.5. The minimum Gasteiger partial charge on any atom is -0.480 e. The molecule has 1 unspecified atom stereocenters. The molecule has 0 spiro atoms. The van der Waals surface area contributed by atoms with Crippen molar-refractivity contribution in [3.63, 3.8) is 0 Å². The second-order valence-corrected chi connectivity index (χ2v) is 5.86. The Morgan fingerprint density at radius 1 is 1.25 bits per heavy atom. The highest BCUT2D eigenvalue weighted by molar-refractivity contribution is 5.82. The van der Waals surface area contributed by atoms with Crippen LogP contribution in [0, 0.1) is 5.92 Å². The summed E-state index contributed by atoms with van der Waals surface area (Å²) in [5.41, 5.74) is 0. The van der Waals surface area contributed by atoms with Crippen molar-refractivity contribution in [1.29, 1.82) is 0 Å². The molecule has 2 rings (SSSR count). The molecule has 2 N–H and O–H groups in total. The number of hydrogen-bond donors (Lipinski definition) is 2. The first-order valence-corrected chi connectivity index (χ1v) is 7.60. The second-order valence-electron chi connectivity index (χ2n) is 5.86. The average Bonchev–Trinajstić information content (AvgIpc) is 3.22. The predicted molar refractivity (Wildman–Crippen MR) is 75.6 cm³/mol. The van der Waals surface area contributed by atoms with E-state index in [1.807, 2.05) is 6.92 Å². The van der Waals surface area contributed by atoms with E-state index >= 15 is 0 Å². The molecular formula is C14H25N3O3. The largest absolute Gasteiger partial charge is 0.480 e. The third-order valence-electron chi connectivity index (χ3n) is 4.05. The zero-order valence-electron chi connectivity index (χ0n) is 12.2. The molecule has 0 bridgehead atoms. The summed E-state index contributed by atoms with van der Waals surface area (Å²) in [6.45, 7) is 6.25. The molecule has 2 aliphatic rings. The molecule has 2 fully saturated rings. The first-order chi connectivity index (χ1) is 9.60. The van der Waals surface area contributed by atoms with Crippen molar-refractivity contribution in [1.82, 2.24) is 15.1 Å². The Balaban J connectivity index is 1.73. The third kappa shape index (κ3) is 4.37. The maximum atomic E-state index is 12.1. The lowest BCUT2D eigenvalue weighted by Gasteiger charge is -2.35. The summed E-state index contributed by atoms with van der Waals surface area (Å²) in [5, 5.41) is 11.7. The second kappa shape index (κ2) is 6.92. The minimum atomic E-state index is -0.951. The average molecular weight is 283 g/mol. The standard InChI is InChI=1S/C14H25N3O3/c1-2-3-12(13(18)19)15-14(20)17-8-6-16(7-9-17)10-11-4-5-11/h11-12H,2-10H2,1H3,(H,15,20)(H,18,19). The van der Waals surface area contributed by atoms with Crippen LogP contribution in [-0.4, -0.2) is 65.7 Å². The van der Waals surface area contributed by atoms with Crippen molar-refractivity contribution in [3.05, 3.63) is 0 Å². The molecule has 1 saturated carbocycles. The Morgan fingerprint density at radius 3 is 2.40 bits per heavy atom. The molecule has 1 saturated heterocycles. The SMILES string of the molecule is CCCC(NC(=O)N1CCN(CC2CC2)CC1)C(=O)O. The molecule has 1 atom stereocenters. The Kier molecular flexibility index (Phi) is 5.23. The van der Waals surface area contributed by atoms with Crippen LogP contribution in [0.15, 0.2) is 0 Å². The molecular weight excluding hydrogens is 258 g/mol. The van der Waals surface area contributed by atoms with Gasteiger partial charge in [-0.2, -0.15) is 0 Å². The normalized spacial score (nSPS) is 21.6. The van der Waals surface area contributed by atoms with Crippen molar-refractivity contribution in [2.45, 2.75) is 38.6 Å². The fraction of sp³-hybridized carbons (Fsp3) is 0.857. The van der Waals surface area contributed by atoms with Crippen LogP contribution in [0.3, 0.4) is 0 Å². The summed E-state index contributed by atoms with van der Waals surface area (Å²) in [6, 6.07) is -1.01. The fourth-order valence-electron chi connectivity index (χ4n) is 2.59. The lowest BCUT2D eigenvalue weighted by atomic mass is 10.2. The molecule has 1 aliphatic carbocycles. The van der Waals surface area contributed by atoms with E-state index in [0.717, 1.165) is 32.0 Å². The molecule has 0 radical (unpaired) electrons. The molecule has 20 heavy (non-hydrogen) atoms. The van der Waals surface area contributed by atoms with E-state index in [9.17, 15) is 9.59 Å². The van der Waals surface area contributed by atoms with Gasteiger partial charge in [0.05, 0.1) is 0 Å². The van der Waals surface area contributed by atoms with Gasteiger partial charge in [-0.1, -0.05) is 13.3 Å². The zero-order valence-corrected chi connectivity index (χ0v) is 12.2. The van der Waals surface area contributed by atoms with E-state index in [1.165, 1.54) is 12.8 Å². The quantitative estimate of drug-likeness (QED) is 0.762. The van der Waals surface area contributed by atoms with Crippen molar-refractivity contribution in [3.8, 4) is 0 Å².